The van der Waals surface area contributed by atoms with Crippen LogP contribution in [0.3, 0.4) is 0 Å². The summed E-state index contributed by atoms with van der Waals surface area (Å²) >= 11 is 7.61. The first-order chi connectivity index (χ1) is 13.5. The molecule has 0 aliphatic carbocycles. The molecule has 2 aromatic carbocycles. The Labute approximate surface area is 171 Å². The Morgan fingerprint density at radius 2 is 1.96 bits per heavy atom. The van der Waals surface area contributed by atoms with Crippen LogP contribution in [0.15, 0.2) is 42.5 Å². The lowest BCUT2D eigenvalue weighted by Crippen LogP contribution is -2.24. The van der Waals surface area contributed by atoms with Crippen LogP contribution in [0.4, 0.5) is 5.82 Å². The van der Waals surface area contributed by atoms with Crippen molar-refractivity contribution in [1.29, 1.82) is 0 Å². The van der Waals surface area contributed by atoms with Gasteiger partial charge in [-0.25, -0.2) is 4.98 Å². The predicted octanol–water partition coefficient (Wildman–Crippen LogP) is 5.23. The van der Waals surface area contributed by atoms with Gasteiger partial charge in [-0.1, -0.05) is 41.1 Å². The zero-order chi connectivity index (χ0) is 19.4. The van der Waals surface area contributed by atoms with E-state index in [9.17, 15) is 4.79 Å². The van der Waals surface area contributed by atoms with E-state index in [1.54, 1.807) is 16.0 Å². The Balaban J connectivity index is 1.67. The van der Waals surface area contributed by atoms with E-state index in [1.165, 1.54) is 5.56 Å². The molecule has 1 amide bonds. The Bertz CT molecular complexity index is 1230. The molecule has 0 spiro atoms. The predicted molar refractivity (Wildman–Crippen MR) is 113 cm³/mol. The normalized spacial score (nSPS) is 16.2. The quantitative estimate of drug-likeness (QED) is 0.494. The minimum Gasteiger partial charge on any atom is -0.310 e. The smallest absolute Gasteiger partial charge is 0.226 e. The maximum absolute atomic E-state index is 12.5. The number of amides is 1. The second-order valence-corrected chi connectivity index (χ2v) is 8.53. The third-order valence-corrected chi connectivity index (χ3v) is 6.33. The van der Waals surface area contributed by atoms with Gasteiger partial charge in [-0.05, 0) is 49.2 Å². The summed E-state index contributed by atoms with van der Waals surface area (Å²) in [4.78, 5) is 17.2. The summed E-state index contributed by atoms with van der Waals surface area (Å²) in [6.07, 6.45) is 0.389. The zero-order valence-corrected chi connectivity index (χ0v) is 16.9. The summed E-state index contributed by atoms with van der Waals surface area (Å²) in [6.45, 7) is 4.04. The number of rotatable bonds is 2. The molecule has 1 atom stereocenters. The van der Waals surface area contributed by atoms with Gasteiger partial charge in [0.1, 0.15) is 5.82 Å². The van der Waals surface area contributed by atoms with Crippen molar-refractivity contribution in [2.24, 2.45) is 0 Å². The number of halogens is 1. The number of carbonyl (C=O) groups is 1. The molecule has 140 valence electrons. The van der Waals surface area contributed by atoms with E-state index in [0.29, 0.717) is 17.3 Å². The van der Waals surface area contributed by atoms with Crippen molar-refractivity contribution in [3.05, 3.63) is 69.9 Å². The summed E-state index contributed by atoms with van der Waals surface area (Å²) in [7, 11) is 0. The van der Waals surface area contributed by atoms with Crippen molar-refractivity contribution < 1.29 is 4.79 Å². The molecular weight excluding hydrogens is 392 g/mol. The van der Waals surface area contributed by atoms with Gasteiger partial charge in [0, 0.05) is 22.9 Å². The molecule has 7 heteroatoms. The zero-order valence-electron chi connectivity index (χ0n) is 15.4. The lowest BCUT2D eigenvalue weighted by molar-refractivity contribution is -0.116. The van der Waals surface area contributed by atoms with Crippen molar-refractivity contribution in [2.75, 3.05) is 5.32 Å². The molecule has 2 aromatic heterocycles. The van der Waals surface area contributed by atoms with Crippen LogP contribution in [0.1, 0.15) is 34.7 Å². The number of nitrogens with one attached hydrogen (secondary N) is 1. The Kier molecular flexibility index (Phi) is 4.00. The van der Waals surface area contributed by atoms with E-state index in [2.05, 4.69) is 18.3 Å². The molecule has 5 rings (SSSR count). The van der Waals surface area contributed by atoms with Gasteiger partial charge in [0.25, 0.3) is 0 Å². The standard InChI is InChI=1S/C21H17ClN4OS/c1-11-3-8-16-17(9-11)28-21(23-16)26-20-19(12(2)25-26)15(10-18(27)24-20)13-4-6-14(22)7-5-13/h3-9,15H,10H2,1-2H3,(H,24,27)/t15-/m1/s1. The van der Waals surface area contributed by atoms with Crippen molar-refractivity contribution in [2.45, 2.75) is 26.2 Å². The van der Waals surface area contributed by atoms with Gasteiger partial charge in [0.2, 0.25) is 11.0 Å². The molecule has 0 unspecified atom stereocenters. The minimum atomic E-state index is -0.0496. The molecule has 1 aliphatic heterocycles. The molecule has 1 N–H and O–H groups in total. The van der Waals surface area contributed by atoms with Gasteiger partial charge in [-0.2, -0.15) is 9.78 Å². The number of carbonyl (C=O) groups excluding carboxylic acids is 1. The molecule has 1 aliphatic rings. The van der Waals surface area contributed by atoms with Crippen LogP contribution >= 0.6 is 22.9 Å². The van der Waals surface area contributed by atoms with E-state index in [-0.39, 0.29) is 11.8 Å². The fourth-order valence-corrected chi connectivity index (χ4v) is 4.92. The number of anilines is 1. The van der Waals surface area contributed by atoms with Gasteiger partial charge in [-0.15, -0.1) is 0 Å². The van der Waals surface area contributed by atoms with Crippen LogP contribution in [0.25, 0.3) is 15.3 Å². The maximum Gasteiger partial charge on any atom is 0.226 e. The van der Waals surface area contributed by atoms with E-state index < -0.39 is 0 Å². The summed E-state index contributed by atoms with van der Waals surface area (Å²) in [5.74, 6) is 0.640. The van der Waals surface area contributed by atoms with Crippen LogP contribution in [0.2, 0.25) is 5.02 Å². The second kappa shape index (κ2) is 6.43. The highest BCUT2D eigenvalue weighted by Gasteiger charge is 2.33. The first-order valence-corrected chi connectivity index (χ1v) is 10.2. The first-order valence-electron chi connectivity index (χ1n) is 9.02. The average molecular weight is 409 g/mol. The number of benzene rings is 2. The molecule has 0 radical (unpaired) electrons. The number of fused-ring (bicyclic) bond motifs is 2. The van der Waals surface area contributed by atoms with Gasteiger partial charge in [-0.3, -0.25) is 4.79 Å². The molecule has 0 fully saturated rings. The highest BCUT2D eigenvalue weighted by atomic mass is 35.5. The van der Waals surface area contributed by atoms with E-state index in [4.69, 9.17) is 21.7 Å². The van der Waals surface area contributed by atoms with Crippen LogP contribution < -0.4 is 5.32 Å². The lowest BCUT2D eigenvalue weighted by atomic mass is 9.86. The number of thiazole rings is 1. The summed E-state index contributed by atoms with van der Waals surface area (Å²) in [6, 6.07) is 13.9. The van der Waals surface area contributed by atoms with Gasteiger partial charge in [0.15, 0.2) is 0 Å². The van der Waals surface area contributed by atoms with Gasteiger partial charge >= 0.3 is 0 Å². The Morgan fingerprint density at radius 3 is 2.75 bits per heavy atom. The highest BCUT2D eigenvalue weighted by Crippen LogP contribution is 2.41. The summed E-state index contributed by atoms with van der Waals surface area (Å²) in [5, 5.41) is 9.18. The van der Waals surface area contributed by atoms with Crippen molar-refractivity contribution in [1.82, 2.24) is 14.8 Å². The third-order valence-electron chi connectivity index (χ3n) is 5.09. The fourth-order valence-electron chi connectivity index (χ4n) is 3.78. The highest BCUT2D eigenvalue weighted by molar-refractivity contribution is 7.20. The van der Waals surface area contributed by atoms with Crippen molar-refractivity contribution in [3.8, 4) is 5.13 Å². The molecule has 4 aromatic rings. The monoisotopic (exact) mass is 408 g/mol. The number of hydrogen-bond acceptors (Lipinski definition) is 4. The van der Waals surface area contributed by atoms with E-state index in [0.717, 1.165) is 32.2 Å². The molecular formula is C21H17ClN4OS. The number of aryl methyl sites for hydroxylation is 2. The average Bonchev–Trinajstić information content (AvgIpc) is 3.22. The molecule has 3 heterocycles. The topological polar surface area (TPSA) is 59.8 Å². The maximum atomic E-state index is 12.5. The van der Waals surface area contributed by atoms with Crippen LogP contribution in [-0.4, -0.2) is 20.7 Å². The minimum absolute atomic E-state index is 0.0226. The van der Waals surface area contributed by atoms with E-state index in [1.807, 2.05) is 43.3 Å². The fraction of sp³-hybridized carbons (Fsp3) is 0.190. The largest absolute Gasteiger partial charge is 0.310 e. The van der Waals surface area contributed by atoms with Crippen molar-refractivity contribution in [3.63, 3.8) is 0 Å². The molecule has 5 nitrogen and oxygen atoms in total. The number of hydrogen-bond donors (Lipinski definition) is 1. The van der Waals surface area contributed by atoms with Crippen LogP contribution in [0, 0.1) is 13.8 Å². The Hall–Kier alpha value is -2.70. The van der Waals surface area contributed by atoms with Crippen molar-refractivity contribution >= 4 is 44.9 Å². The van der Waals surface area contributed by atoms with Gasteiger partial charge in [0.05, 0.1) is 15.9 Å². The summed E-state index contributed by atoms with van der Waals surface area (Å²) < 4.78 is 2.87. The number of aromatic nitrogens is 3. The second-order valence-electron chi connectivity index (χ2n) is 7.08. The number of nitrogens with zero attached hydrogens (tertiary/aromatic N) is 3. The lowest BCUT2D eigenvalue weighted by Gasteiger charge is -2.24. The third kappa shape index (κ3) is 2.80. The Morgan fingerprint density at radius 1 is 1.18 bits per heavy atom. The van der Waals surface area contributed by atoms with E-state index >= 15 is 0 Å². The van der Waals surface area contributed by atoms with Crippen LogP contribution in [-0.2, 0) is 4.79 Å². The van der Waals surface area contributed by atoms with Crippen LogP contribution in [0.5, 0.6) is 0 Å². The molecule has 28 heavy (non-hydrogen) atoms. The van der Waals surface area contributed by atoms with Gasteiger partial charge < -0.3 is 5.32 Å². The molecule has 0 bridgehead atoms. The molecule has 0 saturated heterocycles. The SMILES string of the molecule is Cc1ccc2nc(-n3nc(C)c4c3NC(=O)C[C@@H]4c3ccc(Cl)cc3)sc2c1. The molecule has 0 saturated carbocycles. The first kappa shape index (κ1) is 17.4. The summed E-state index contributed by atoms with van der Waals surface area (Å²) in [5.41, 5.74) is 5.12.